The number of nitrogens with zero attached hydrogens (tertiary/aromatic N) is 1. The van der Waals surface area contributed by atoms with Crippen LogP contribution in [-0.2, 0) is 9.53 Å². The maximum absolute atomic E-state index is 11.5. The Bertz CT molecular complexity index is 279. The zero-order chi connectivity index (χ0) is 13.8. The van der Waals surface area contributed by atoms with Gasteiger partial charge in [-0.2, -0.15) is 0 Å². The summed E-state index contributed by atoms with van der Waals surface area (Å²) in [5.74, 6) is -0.780. The Morgan fingerprint density at radius 1 is 1.56 bits per heavy atom. The molecular weight excluding hydrogens is 232 g/mol. The number of carboxylic acids is 1. The number of carboxylic acid groups (broad SMARTS) is 1. The number of methoxy groups -OCH3 is 1. The molecule has 1 fully saturated rings. The molecular formula is C13H26N2O3. The summed E-state index contributed by atoms with van der Waals surface area (Å²) in [5, 5.41) is 12.7. The minimum Gasteiger partial charge on any atom is -0.480 e. The monoisotopic (exact) mass is 258 g/mol. The van der Waals surface area contributed by atoms with Gasteiger partial charge in [-0.25, -0.2) is 0 Å². The molecule has 0 aromatic rings. The molecule has 1 rings (SSSR count). The van der Waals surface area contributed by atoms with Gasteiger partial charge in [-0.1, -0.05) is 0 Å². The second kappa shape index (κ2) is 6.50. The van der Waals surface area contributed by atoms with E-state index in [1.807, 2.05) is 0 Å². The van der Waals surface area contributed by atoms with Gasteiger partial charge in [0.1, 0.15) is 5.54 Å². The fourth-order valence-electron chi connectivity index (χ4n) is 1.99. The van der Waals surface area contributed by atoms with E-state index in [-0.39, 0.29) is 0 Å². The number of rotatable bonds is 9. The van der Waals surface area contributed by atoms with Crippen LogP contribution in [-0.4, -0.2) is 60.4 Å². The maximum Gasteiger partial charge on any atom is 0.324 e. The second-order valence-electron chi connectivity index (χ2n) is 5.61. The van der Waals surface area contributed by atoms with Crippen LogP contribution in [0.1, 0.15) is 33.6 Å². The number of ether oxygens (including phenoxy) is 1. The summed E-state index contributed by atoms with van der Waals surface area (Å²) in [6.07, 6.45) is 2.17. The third-order valence-electron chi connectivity index (χ3n) is 3.40. The van der Waals surface area contributed by atoms with Gasteiger partial charge in [0, 0.05) is 32.3 Å². The normalized spacial score (nSPS) is 19.2. The fourth-order valence-corrected chi connectivity index (χ4v) is 1.99. The van der Waals surface area contributed by atoms with Crippen LogP contribution in [0.3, 0.4) is 0 Å². The van der Waals surface area contributed by atoms with Gasteiger partial charge in [0.25, 0.3) is 0 Å². The first-order chi connectivity index (χ1) is 8.39. The second-order valence-corrected chi connectivity index (χ2v) is 5.61. The molecule has 1 unspecified atom stereocenters. The van der Waals surface area contributed by atoms with Crippen molar-refractivity contribution in [1.82, 2.24) is 10.2 Å². The molecule has 1 saturated carbocycles. The van der Waals surface area contributed by atoms with Crippen molar-refractivity contribution in [2.75, 3.05) is 26.8 Å². The standard InChI is InChI=1S/C13H26N2O3/c1-10(2)15(7-8-18-4)9-13(3,12(16)17)14-11-5-6-11/h10-11,14H,5-9H2,1-4H3,(H,16,17). The Balaban J connectivity index is 2.62. The van der Waals surface area contributed by atoms with Crippen LogP contribution in [0.15, 0.2) is 0 Å². The van der Waals surface area contributed by atoms with E-state index < -0.39 is 11.5 Å². The van der Waals surface area contributed by atoms with Crippen LogP contribution < -0.4 is 5.32 Å². The molecule has 0 saturated heterocycles. The molecule has 0 bridgehead atoms. The summed E-state index contributed by atoms with van der Waals surface area (Å²) in [5.41, 5.74) is -0.876. The first kappa shape index (κ1) is 15.4. The molecule has 0 radical (unpaired) electrons. The molecule has 1 atom stereocenters. The number of aliphatic carboxylic acids is 1. The molecule has 5 nitrogen and oxygen atoms in total. The third-order valence-corrected chi connectivity index (χ3v) is 3.40. The van der Waals surface area contributed by atoms with Crippen molar-refractivity contribution in [3.8, 4) is 0 Å². The predicted octanol–water partition coefficient (Wildman–Crippen LogP) is 0.939. The van der Waals surface area contributed by atoms with E-state index >= 15 is 0 Å². The predicted molar refractivity (Wildman–Crippen MR) is 70.8 cm³/mol. The first-order valence-corrected chi connectivity index (χ1v) is 6.63. The molecule has 1 aliphatic rings. The average Bonchev–Trinajstić information content (AvgIpc) is 3.07. The fraction of sp³-hybridized carbons (Fsp3) is 0.923. The van der Waals surface area contributed by atoms with E-state index in [0.29, 0.717) is 25.2 Å². The highest BCUT2D eigenvalue weighted by Gasteiger charge is 2.40. The van der Waals surface area contributed by atoms with E-state index in [2.05, 4.69) is 24.1 Å². The molecule has 0 aromatic carbocycles. The van der Waals surface area contributed by atoms with Crippen molar-refractivity contribution in [3.63, 3.8) is 0 Å². The summed E-state index contributed by atoms with van der Waals surface area (Å²) in [7, 11) is 1.66. The van der Waals surface area contributed by atoms with E-state index in [9.17, 15) is 9.90 Å². The lowest BCUT2D eigenvalue weighted by Gasteiger charge is -2.35. The SMILES string of the molecule is COCCN(CC(C)(NC1CC1)C(=O)O)C(C)C. The van der Waals surface area contributed by atoms with Crippen LogP contribution in [0, 0.1) is 0 Å². The van der Waals surface area contributed by atoms with E-state index in [1.165, 1.54) is 0 Å². The molecule has 5 heteroatoms. The van der Waals surface area contributed by atoms with Crippen molar-refractivity contribution in [2.45, 2.75) is 51.2 Å². The van der Waals surface area contributed by atoms with Gasteiger partial charge in [0.15, 0.2) is 0 Å². The average molecular weight is 258 g/mol. The smallest absolute Gasteiger partial charge is 0.324 e. The minimum atomic E-state index is -0.876. The topological polar surface area (TPSA) is 61.8 Å². The largest absolute Gasteiger partial charge is 0.480 e. The lowest BCUT2D eigenvalue weighted by molar-refractivity contribution is -0.145. The number of hydrogen-bond acceptors (Lipinski definition) is 4. The van der Waals surface area contributed by atoms with Crippen LogP contribution in [0.4, 0.5) is 0 Å². The van der Waals surface area contributed by atoms with E-state index in [4.69, 9.17) is 4.74 Å². The van der Waals surface area contributed by atoms with Crippen molar-refractivity contribution in [2.24, 2.45) is 0 Å². The molecule has 0 spiro atoms. The van der Waals surface area contributed by atoms with Crippen LogP contribution in [0.25, 0.3) is 0 Å². The summed E-state index contributed by atoms with van der Waals surface area (Å²) in [4.78, 5) is 13.6. The lowest BCUT2D eigenvalue weighted by atomic mass is 10.0. The lowest BCUT2D eigenvalue weighted by Crippen LogP contribution is -2.59. The van der Waals surface area contributed by atoms with Gasteiger partial charge in [0.2, 0.25) is 0 Å². The summed E-state index contributed by atoms with van der Waals surface area (Å²) >= 11 is 0. The van der Waals surface area contributed by atoms with E-state index in [1.54, 1.807) is 14.0 Å². The zero-order valence-corrected chi connectivity index (χ0v) is 11.9. The number of carbonyl (C=O) groups is 1. The quantitative estimate of drug-likeness (QED) is 0.644. The Morgan fingerprint density at radius 2 is 2.17 bits per heavy atom. The van der Waals surface area contributed by atoms with Gasteiger partial charge >= 0.3 is 5.97 Å². The molecule has 0 amide bonds. The van der Waals surface area contributed by atoms with Gasteiger partial charge in [-0.05, 0) is 33.6 Å². The Hall–Kier alpha value is -0.650. The van der Waals surface area contributed by atoms with Gasteiger partial charge < -0.3 is 9.84 Å². The van der Waals surface area contributed by atoms with Crippen LogP contribution in [0.2, 0.25) is 0 Å². The van der Waals surface area contributed by atoms with E-state index in [0.717, 1.165) is 19.4 Å². The summed E-state index contributed by atoms with van der Waals surface area (Å²) < 4.78 is 5.08. The van der Waals surface area contributed by atoms with Crippen molar-refractivity contribution in [1.29, 1.82) is 0 Å². The molecule has 0 heterocycles. The molecule has 0 aliphatic heterocycles. The van der Waals surface area contributed by atoms with Crippen molar-refractivity contribution < 1.29 is 14.6 Å². The summed E-state index contributed by atoms with van der Waals surface area (Å²) in [6, 6.07) is 0.683. The molecule has 1 aliphatic carbocycles. The van der Waals surface area contributed by atoms with Gasteiger partial charge in [0.05, 0.1) is 6.61 Å². The number of hydrogen-bond donors (Lipinski definition) is 2. The number of nitrogens with one attached hydrogen (secondary N) is 1. The Kier molecular flexibility index (Phi) is 5.56. The molecule has 0 aromatic heterocycles. The van der Waals surface area contributed by atoms with Crippen molar-refractivity contribution >= 4 is 5.97 Å². The van der Waals surface area contributed by atoms with Crippen LogP contribution >= 0.6 is 0 Å². The third kappa shape index (κ3) is 4.55. The molecule has 2 N–H and O–H groups in total. The highest BCUT2D eigenvalue weighted by molar-refractivity contribution is 5.78. The molecule has 106 valence electrons. The highest BCUT2D eigenvalue weighted by Crippen LogP contribution is 2.23. The van der Waals surface area contributed by atoms with Crippen LogP contribution in [0.5, 0.6) is 0 Å². The van der Waals surface area contributed by atoms with Gasteiger partial charge in [-0.15, -0.1) is 0 Å². The van der Waals surface area contributed by atoms with Gasteiger partial charge in [-0.3, -0.25) is 15.0 Å². The highest BCUT2D eigenvalue weighted by atomic mass is 16.5. The maximum atomic E-state index is 11.5. The summed E-state index contributed by atoms with van der Waals surface area (Å²) in [6.45, 7) is 7.81. The van der Waals surface area contributed by atoms with Crippen molar-refractivity contribution in [3.05, 3.63) is 0 Å². The Morgan fingerprint density at radius 3 is 2.56 bits per heavy atom. The Labute approximate surface area is 109 Å². The molecule has 18 heavy (non-hydrogen) atoms. The minimum absolute atomic E-state index is 0.305. The first-order valence-electron chi connectivity index (χ1n) is 6.63. The zero-order valence-electron chi connectivity index (χ0n) is 11.9.